The van der Waals surface area contributed by atoms with Crippen molar-refractivity contribution in [3.05, 3.63) is 51.4 Å². The number of nitriles is 1. The van der Waals surface area contributed by atoms with E-state index in [9.17, 15) is 19.6 Å². The minimum absolute atomic E-state index is 0.314. The van der Waals surface area contributed by atoms with Gasteiger partial charge in [-0.15, -0.1) is 11.3 Å². The van der Waals surface area contributed by atoms with Crippen molar-refractivity contribution in [1.82, 2.24) is 4.90 Å². The Morgan fingerprint density at radius 1 is 1.13 bits per heavy atom. The van der Waals surface area contributed by atoms with Gasteiger partial charge >= 0.3 is 0 Å². The van der Waals surface area contributed by atoms with Crippen molar-refractivity contribution in [3.63, 3.8) is 0 Å². The highest BCUT2D eigenvalue weighted by Gasteiger charge is 2.42. The second-order valence-corrected chi connectivity index (χ2v) is 9.63. The number of aryl methyl sites for hydroxylation is 1. The largest absolute Gasteiger partial charge is 0.315 e. The minimum atomic E-state index is -0.916. The average Bonchev–Trinajstić information content (AvgIpc) is 3.23. The summed E-state index contributed by atoms with van der Waals surface area (Å²) in [6, 6.07) is 8.00. The van der Waals surface area contributed by atoms with E-state index in [-0.39, 0.29) is 0 Å². The molecule has 31 heavy (non-hydrogen) atoms. The summed E-state index contributed by atoms with van der Waals surface area (Å²) in [5.74, 6) is -0.967. The fourth-order valence-corrected chi connectivity index (χ4v) is 5.57. The Kier molecular flexibility index (Phi) is 5.92. The second kappa shape index (κ2) is 8.64. The van der Waals surface area contributed by atoms with Crippen LogP contribution in [0.2, 0.25) is 0 Å². The molecule has 1 aliphatic heterocycles. The lowest BCUT2D eigenvalue weighted by Crippen LogP contribution is -2.47. The molecule has 1 unspecified atom stereocenters. The average molecular weight is 436 g/mol. The third kappa shape index (κ3) is 3.88. The van der Waals surface area contributed by atoms with Crippen LogP contribution in [0, 0.1) is 17.2 Å². The first kappa shape index (κ1) is 21.3. The predicted octanol–water partition coefficient (Wildman–Crippen LogP) is 4.54. The molecule has 1 atom stereocenters. The molecule has 0 radical (unpaired) electrons. The van der Waals surface area contributed by atoms with Crippen molar-refractivity contribution in [2.45, 2.75) is 58.4 Å². The predicted molar refractivity (Wildman–Crippen MR) is 119 cm³/mol. The molecule has 0 fully saturated rings. The van der Waals surface area contributed by atoms with E-state index in [1.807, 2.05) is 13.8 Å². The smallest absolute Gasteiger partial charge is 0.262 e. The van der Waals surface area contributed by atoms with Crippen LogP contribution in [-0.2, 0) is 17.6 Å². The van der Waals surface area contributed by atoms with Crippen LogP contribution in [0.1, 0.15) is 76.3 Å². The van der Waals surface area contributed by atoms with Gasteiger partial charge in [0.05, 0.1) is 16.7 Å². The van der Waals surface area contributed by atoms with Crippen molar-refractivity contribution >= 4 is 34.1 Å². The number of nitrogens with zero attached hydrogens (tertiary/aromatic N) is 2. The van der Waals surface area contributed by atoms with E-state index in [2.05, 4.69) is 11.4 Å². The van der Waals surface area contributed by atoms with Gasteiger partial charge in [-0.1, -0.05) is 26.0 Å². The van der Waals surface area contributed by atoms with Gasteiger partial charge in [0.2, 0.25) is 5.91 Å². The lowest BCUT2D eigenvalue weighted by molar-refractivity contribution is -0.120. The molecule has 160 valence electrons. The Morgan fingerprint density at radius 3 is 2.39 bits per heavy atom. The third-order valence-electron chi connectivity index (χ3n) is 5.98. The van der Waals surface area contributed by atoms with Gasteiger partial charge < -0.3 is 5.32 Å². The molecule has 0 spiro atoms. The van der Waals surface area contributed by atoms with Gasteiger partial charge in [-0.3, -0.25) is 19.3 Å². The first-order valence-corrected chi connectivity index (χ1v) is 11.6. The van der Waals surface area contributed by atoms with Crippen molar-refractivity contribution in [3.8, 4) is 6.07 Å². The van der Waals surface area contributed by atoms with Gasteiger partial charge in [0.15, 0.2) is 0 Å². The van der Waals surface area contributed by atoms with Crippen LogP contribution >= 0.6 is 11.3 Å². The van der Waals surface area contributed by atoms with E-state index < -0.39 is 23.8 Å². The molecule has 0 bridgehead atoms. The first-order valence-electron chi connectivity index (χ1n) is 10.7. The van der Waals surface area contributed by atoms with Crippen LogP contribution in [-0.4, -0.2) is 28.7 Å². The van der Waals surface area contributed by atoms with Gasteiger partial charge in [0.1, 0.15) is 17.1 Å². The molecule has 1 aromatic carbocycles. The van der Waals surface area contributed by atoms with Crippen molar-refractivity contribution < 1.29 is 14.4 Å². The lowest BCUT2D eigenvalue weighted by Gasteiger charge is -2.26. The summed E-state index contributed by atoms with van der Waals surface area (Å²) in [4.78, 5) is 41.6. The maximum Gasteiger partial charge on any atom is 0.262 e. The Balaban J connectivity index is 1.64. The molecule has 0 saturated carbocycles. The number of fused-ring (bicyclic) bond motifs is 2. The molecular weight excluding hydrogens is 410 g/mol. The van der Waals surface area contributed by atoms with E-state index in [1.165, 1.54) is 11.3 Å². The van der Waals surface area contributed by atoms with Gasteiger partial charge in [-0.25, -0.2) is 0 Å². The number of anilines is 1. The molecule has 3 amide bonds. The number of hydrogen-bond donors (Lipinski definition) is 1. The van der Waals surface area contributed by atoms with E-state index in [0.717, 1.165) is 41.0 Å². The fraction of sp³-hybridized carbons (Fsp3) is 0.417. The minimum Gasteiger partial charge on any atom is -0.315 e. The SMILES string of the molecule is CC(C)CCC(C(=O)Nc1sc2c(c1C#N)CCCC2)N1C(=O)c2ccccc2C1=O. The molecule has 2 heterocycles. The molecular formula is C24H25N3O3S. The van der Waals surface area contributed by atoms with E-state index in [4.69, 9.17) is 0 Å². The highest BCUT2D eigenvalue weighted by Crippen LogP contribution is 2.38. The monoisotopic (exact) mass is 435 g/mol. The third-order valence-corrected chi connectivity index (χ3v) is 7.18. The van der Waals surface area contributed by atoms with Crippen LogP contribution in [0.15, 0.2) is 24.3 Å². The molecule has 1 N–H and O–H groups in total. The van der Waals surface area contributed by atoms with E-state index in [1.54, 1.807) is 24.3 Å². The van der Waals surface area contributed by atoms with E-state index in [0.29, 0.717) is 40.5 Å². The summed E-state index contributed by atoms with van der Waals surface area (Å²) in [7, 11) is 0. The second-order valence-electron chi connectivity index (χ2n) is 8.53. The Hall–Kier alpha value is -2.98. The summed E-state index contributed by atoms with van der Waals surface area (Å²) >= 11 is 1.45. The standard InChI is InChI=1S/C24H25N3O3S/c1-14(2)11-12-19(27-23(29)16-8-3-4-9-17(16)24(27)30)21(28)26-22-18(13-25)15-7-5-6-10-20(15)31-22/h3-4,8-9,14,19H,5-7,10-12H2,1-2H3,(H,26,28). The molecule has 7 heteroatoms. The maximum absolute atomic E-state index is 13.4. The quantitative estimate of drug-likeness (QED) is 0.675. The Bertz CT molecular complexity index is 1060. The topological polar surface area (TPSA) is 90.3 Å². The van der Waals surface area contributed by atoms with Gasteiger partial charge in [-0.05, 0) is 62.1 Å². The number of carbonyl (C=O) groups is 3. The number of benzene rings is 1. The summed E-state index contributed by atoms with van der Waals surface area (Å²) in [6.07, 6.45) is 4.95. The number of imide groups is 1. The molecule has 1 aromatic heterocycles. The first-order chi connectivity index (χ1) is 14.9. The van der Waals surface area contributed by atoms with Crippen molar-refractivity contribution in [1.29, 1.82) is 5.26 Å². The van der Waals surface area contributed by atoms with Crippen LogP contribution in [0.25, 0.3) is 0 Å². The Labute approximate surface area is 185 Å². The number of hydrogen-bond acceptors (Lipinski definition) is 5. The summed E-state index contributed by atoms with van der Waals surface area (Å²) in [5, 5.41) is 13.1. The van der Waals surface area contributed by atoms with Gasteiger partial charge in [0, 0.05) is 4.88 Å². The zero-order valence-electron chi connectivity index (χ0n) is 17.7. The molecule has 0 saturated heterocycles. The Morgan fingerprint density at radius 2 is 1.77 bits per heavy atom. The summed E-state index contributed by atoms with van der Waals surface area (Å²) in [6.45, 7) is 4.08. The van der Waals surface area contributed by atoms with Crippen molar-refractivity contribution in [2.24, 2.45) is 5.92 Å². The summed E-state index contributed by atoms with van der Waals surface area (Å²) < 4.78 is 0. The van der Waals surface area contributed by atoms with Crippen LogP contribution in [0.3, 0.4) is 0 Å². The van der Waals surface area contributed by atoms with Crippen LogP contribution < -0.4 is 5.32 Å². The molecule has 1 aliphatic carbocycles. The van der Waals surface area contributed by atoms with Crippen molar-refractivity contribution in [2.75, 3.05) is 5.32 Å². The molecule has 2 aromatic rings. The zero-order chi connectivity index (χ0) is 22.1. The maximum atomic E-state index is 13.4. The highest BCUT2D eigenvalue weighted by atomic mass is 32.1. The number of amides is 3. The summed E-state index contributed by atoms with van der Waals surface area (Å²) in [5.41, 5.74) is 2.23. The van der Waals surface area contributed by atoms with Gasteiger partial charge in [0.25, 0.3) is 11.8 Å². The normalized spacial score (nSPS) is 16.1. The van der Waals surface area contributed by atoms with Crippen LogP contribution in [0.5, 0.6) is 0 Å². The molecule has 2 aliphatic rings. The lowest BCUT2D eigenvalue weighted by atomic mass is 9.96. The molecule has 4 rings (SSSR count). The number of thiophene rings is 1. The number of nitrogens with one attached hydrogen (secondary N) is 1. The van der Waals surface area contributed by atoms with E-state index >= 15 is 0 Å². The van der Waals surface area contributed by atoms with Gasteiger partial charge in [-0.2, -0.15) is 5.26 Å². The fourth-order valence-electron chi connectivity index (χ4n) is 4.33. The molecule has 6 nitrogen and oxygen atoms in total. The number of rotatable bonds is 6. The zero-order valence-corrected chi connectivity index (χ0v) is 18.6. The van der Waals surface area contributed by atoms with Crippen LogP contribution in [0.4, 0.5) is 5.00 Å². The highest BCUT2D eigenvalue weighted by molar-refractivity contribution is 7.16. The number of carbonyl (C=O) groups excluding carboxylic acids is 3.